The number of carbonyl (C=O) groups is 1. The lowest BCUT2D eigenvalue weighted by atomic mass is 10.1. The summed E-state index contributed by atoms with van der Waals surface area (Å²) in [6.45, 7) is 8.57. The molecule has 1 heterocycles. The largest absolute Gasteiger partial charge is 0.312 e. The van der Waals surface area contributed by atoms with E-state index in [0.29, 0.717) is 11.7 Å². The van der Waals surface area contributed by atoms with Gasteiger partial charge >= 0.3 is 0 Å². The van der Waals surface area contributed by atoms with Crippen LogP contribution >= 0.6 is 11.8 Å². The number of para-hydroxylation sites is 1. The fourth-order valence-electron chi connectivity index (χ4n) is 2.87. The summed E-state index contributed by atoms with van der Waals surface area (Å²) in [5, 5.41) is 12.4. The van der Waals surface area contributed by atoms with E-state index in [-0.39, 0.29) is 11.2 Å². The second-order valence-electron chi connectivity index (χ2n) is 6.27. The molecule has 0 radical (unpaired) electrons. The van der Waals surface area contributed by atoms with E-state index in [1.54, 1.807) is 9.58 Å². The number of aryl methyl sites for hydroxylation is 1. The van der Waals surface area contributed by atoms with Gasteiger partial charge in [-0.2, -0.15) is 4.68 Å². The predicted molar refractivity (Wildman–Crippen MR) is 108 cm³/mol. The minimum atomic E-state index is -0.319. The third kappa shape index (κ3) is 4.03. The molecule has 0 aliphatic rings. The van der Waals surface area contributed by atoms with Gasteiger partial charge in [-0.05, 0) is 67.4 Å². The highest BCUT2D eigenvalue weighted by Crippen LogP contribution is 2.27. The van der Waals surface area contributed by atoms with E-state index in [1.165, 1.54) is 17.3 Å². The molecule has 0 fully saturated rings. The summed E-state index contributed by atoms with van der Waals surface area (Å²) >= 11 is 1.37. The van der Waals surface area contributed by atoms with Gasteiger partial charge < -0.3 is 4.90 Å². The summed E-state index contributed by atoms with van der Waals surface area (Å²) in [5.41, 5.74) is 4.11. The molecule has 3 aromatic rings. The molecule has 0 bridgehead atoms. The molecular weight excluding hydrogens is 358 g/mol. The number of hydrogen-bond acceptors (Lipinski definition) is 5. The molecule has 0 aliphatic carbocycles. The third-order valence-corrected chi connectivity index (χ3v) is 5.55. The summed E-state index contributed by atoms with van der Waals surface area (Å²) in [6.07, 6.45) is 0. The van der Waals surface area contributed by atoms with Crippen molar-refractivity contribution in [3.8, 4) is 5.69 Å². The van der Waals surface area contributed by atoms with Gasteiger partial charge in [0.15, 0.2) is 0 Å². The maximum absolute atomic E-state index is 13.0. The van der Waals surface area contributed by atoms with E-state index >= 15 is 0 Å². The fourth-order valence-corrected chi connectivity index (χ4v) is 3.73. The van der Waals surface area contributed by atoms with Crippen LogP contribution in [0, 0.1) is 13.8 Å². The van der Waals surface area contributed by atoms with Crippen molar-refractivity contribution in [2.45, 2.75) is 38.1 Å². The SMILES string of the molecule is CCN(C(=O)C(C)Sc1nnnn1-c1cccc(C)c1C)c1ccccc1. The zero-order valence-electron chi connectivity index (χ0n) is 16.0. The minimum absolute atomic E-state index is 0.0317. The van der Waals surface area contributed by atoms with Gasteiger partial charge in [-0.3, -0.25) is 4.79 Å². The lowest BCUT2D eigenvalue weighted by molar-refractivity contribution is -0.117. The van der Waals surface area contributed by atoms with Gasteiger partial charge in [0.25, 0.3) is 0 Å². The van der Waals surface area contributed by atoms with Crippen LogP contribution in [0.3, 0.4) is 0 Å². The van der Waals surface area contributed by atoms with Crippen molar-refractivity contribution in [3.63, 3.8) is 0 Å². The number of tetrazole rings is 1. The molecule has 6 nitrogen and oxygen atoms in total. The average Bonchev–Trinajstić information content (AvgIpc) is 3.13. The number of aromatic nitrogens is 4. The Hall–Kier alpha value is -2.67. The summed E-state index contributed by atoms with van der Waals surface area (Å²) in [7, 11) is 0. The van der Waals surface area contributed by atoms with Gasteiger partial charge in [-0.15, -0.1) is 5.10 Å². The van der Waals surface area contributed by atoms with Crippen LogP contribution in [0.15, 0.2) is 53.7 Å². The number of nitrogens with zero attached hydrogens (tertiary/aromatic N) is 5. The molecule has 27 heavy (non-hydrogen) atoms. The van der Waals surface area contributed by atoms with Crippen molar-refractivity contribution in [1.29, 1.82) is 0 Å². The van der Waals surface area contributed by atoms with E-state index in [2.05, 4.69) is 28.5 Å². The first-order valence-corrected chi connectivity index (χ1v) is 9.79. The molecule has 1 aromatic heterocycles. The standard InChI is InChI=1S/C20H23N5OS/c1-5-24(17-11-7-6-8-12-17)19(26)16(4)27-20-21-22-23-25(20)18-13-9-10-14(2)15(18)3/h6-13,16H,5H2,1-4H3. The number of rotatable bonds is 6. The monoisotopic (exact) mass is 381 g/mol. The number of hydrogen-bond donors (Lipinski definition) is 0. The lowest BCUT2D eigenvalue weighted by Crippen LogP contribution is -2.36. The normalized spacial score (nSPS) is 12.0. The first-order valence-electron chi connectivity index (χ1n) is 8.91. The van der Waals surface area contributed by atoms with Crippen molar-refractivity contribution in [2.75, 3.05) is 11.4 Å². The Morgan fingerprint density at radius 2 is 1.89 bits per heavy atom. The third-order valence-electron chi connectivity index (χ3n) is 4.53. The lowest BCUT2D eigenvalue weighted by Gasteiger charge is -2.24. The Balaban J connectivity index is 1.83. The number of thioether (sulfide) groups is 1. The smallest absolute Gasteiger partial charge is 0.240 e. The van der Waals surface area contributed by atoms with Crippen LogP contribution in [0.4, 0.5) is 5.69 Å². The average molecular weight is 382 g/mol. The van der Waals surface area contributed by atoms with Gasteiger partial charge in [0.2, 0.25) is 11.1 Å². The highest BCUT2D eigenvalue weighted by Gasteiger charge is 2.24. The van der Waals surface area contributed by atoms with Gasteiger partial charge in [-0.1, -0.05) is 42.1 Å². The first kappa shape index (κ1) is 19.1. The van der Waals surface area contributed by atoms with Crippen LogP contribution in [0.1, 0.15) is 25.0 Å². The Kier molecular flexibility index (Phi) is 5.91. The highest BCUT2D eigenvalue weighted by atomic mass is 32.2. The molecule has 0 spiro atoms. The van der Waals surface area contributed by atoms with Crippen LogP contribution in [0.2, 0.25) is 0 Å². The van der Waals surface area contributed by atoms with E-state index in [1.807, 2.05) is 63.2 Å². The Morgan fingerprint density at radius 1 is 1.15 bits per heavy atom. The van der Waals surface area contributed by atoms with Gasteiger partial charge in [0.1, 0.15) is 0 Å². The summed E-state index contributed by atoms with van der Waals surface area (Å²) in [6, 6.07) is 15.7. The minimum Gasteiger partial charge on any atom is -0.312 e. The summed E-state index contributed by atoms with van der Waals surface area (Å²) < 4.78 is 1.70. The van der Waals surface area contributed by atoms with E-state index in [4.69, 9.17) is 0 Å². The van der Waals surface area contributed by atoms with Gasteiger partial charge in [0.05, 0.1) is 10.9 Å². The Bertz CT molecular complexity index is 925. The predicted octanol–water partition coefficient (Wildman–Crippen LogP) is 3.81. The van der Waals surface area contributed by atoms with Crippen LogP contribution in [-0.4, -0.2) is 37.9 Å². The van der Waals surface area contributed by atoms with Crippen LogP contribution in [0.5, 0.6) is 0 Å². The maximum Gasteiger partial charge on any atom is 0.240 e. The summed E-state index contributed by atoms with van der Waals surface area (Å²) in [4.78, 5) is 14.8. The second-order valence-corrected chi connectivity index (χ2v) is 7.58. The molecule has 2 aromatic carbocycles. The Morgan fingerprint density at radius 3 is 2.59 bits per heavy atom. The summed E-state index contributed by atoms with van der Waals surface area (Å²) in [5.74, 6) is 0.0317. The first-order chi connectivity index (χ1) is 13.0. The molecule has 140 valence electrons. The van der Waals surface area contributed by atoms with Crippen molar-refractivity contribution >= 4 is 23.4 Å². The van der Waals surface area contributed by atoms with Gasteiger partial charge in [-0.25, -0.2) is 0 Å². The topological polar surface area (TPSA) is 63.9 Å². The fraction of sp³-hybridized carbons (Fsp3) is 0.300. The molecule has 0 saturated heterocycles. The maximum atomic E-state index is 13.0. The van der Waals surface area contributed by atoms with Crippen molar-refractivity contribution in [3.05, 3.63) is 59.7 Å². The molecule has 1 unspecified atom stereocenters. The van der Waals surface area contributed by atoms with Crippen molar-refractivity contribution in [2.24, 2.45) is 0 Å². The van der Waals surface area contributed by atoms with Crippen LogP contribution < -0.4 is 4.90 Å². The van der Waals surface area contributed by atoms with Crippen LogP contribution in [-0.2, 0) is 4.79 Å². The second kappa shape index (κ2) is 8.35. The molecule has 0 saturated carbocycles. The van der Waals surface area contributed by atoms with Crippen molar-refractivity contribution < 1.29 is 4.79 Å². The molecule has 0 aliphatic heterocycles. The number of amides is 1. The molecular formula is C20H23N5OS. The zero-order valence-corrected chi connectivity index (χ0v) is 16.8. The highest BCUT2D eigenvalue weighted by molar-refractivity contribution is 8.00. The van der Waals surface area contributed by atoms with E-state index in [9.17, 15) is 4.79 Å². The van der Waals surface area contributed by atoms with Crippen molar-refractivity contribution in [1.82, 2.24) is 20.2 Å². The van der Waals surface area contributed by atoms with E-state index < -0.39 is 0 Å². The molecule has 3 rings (SSSR count). The molecule has 0 N–H and O–H groups in total. The number of carbonyl (C=O) groups excluding carboxylic acids is 1. The number of benzene rings is 2. The molecule has 1 amide bonds. The number of anilines is 1. The quantitative estimate of drug-likeness (QED) is 0.608. The van der Waals surface area contributed by atoms with E-state index in [0.717, 1.165) is 16.9 Å². The van der Waals surface area contributed by atoms with Crippen LogP contribution in [0.25, 0.3) is 5.69 Å². The molecule has 7 heteroatoms. The zero-order chi connectivity index (χ0) is 19.4. The Labute approximate surface area is 163 Å². The van der Waals surface area contributed by atoms with Gasteiger partial charge in [0, 0.05) is 12.2 Å². The molecule has 1 atom stereocenters.